The summed E-state index contributed by atoms with van der Waals surface area (Å²) in [6.45, 7) is 6.96. The van der Waals surface area contributed by atoms with E-state index in [4.69, 9.17) is 10.5 Å². The van der Waals surface area contributed by atoms with Crippen LogP contribution in [0.1, 0.15) is 52.4 Å². The second-order valence-corrected chi connectivity index (χ2v) is 6.53. The molecule has 0 aromatic heterocycles. The van der Waals surface area contributed by atoms with Gasteiger partial charge in [0.1, 0.15) is 0 Å². The smallest absolute Gasteiger partial charge is 0.318 e. The Morgan fingerprint density at radius 3 is 2.52 bits per heavy atom. The number of nitrogens with zero attached hydrogens (tertiary/aromatic N) is 1. The highest BCUT2D eigenvalue weighted by atomic mass is 16.5. The number of amides is 2. The third-order valence-corrected chi connectivity index (χ3v) is 5.38. The van der Waals surface area contributed by atoms with Gasteiger partial charge in [0.15, 0.2) is 0 Å². The molecule has 1 saturated heterocycles. The quantitative estimate of drug-likeness (QED) is 0.816. The monoisotopic (exact) mass is 297 g/mol. The molecule has 0 bridgehead atoms. The van der Waals surface area contributed by atoms with Gasteiger partial charge in [-0.05, 0) is 44.9 Å². The van der Waals surface area contributed by atoms with E-state index in [-0.39, 0.29) is 17.6 Å². The number of likely N-dealkylation sites (N-methyl/N-ethyl adjacent to an activating group) is 1. The predicted molar refractivity (Wildman–Crippen MR) is 84.2 cm³/mol. The van der Waals surface area contributed by atoms with E-state index in [1.165, 1.54) is 19.3 Å². The van der Waals surface area contributed by atoms with E-state index in [0.29, 0.717) is 19.7 Å². The summed E-state index contributed by atoms with van der Waals surface area (Å²) >= 11 is 0. The van der Waals surface area contributed by atoms with Gasteiger partial charge in [-0.25, -0.2) is 4.79 Å². The Morgan fingerprint density at radius 2 is 2.05 bits per heavy atom. The van der Waals surface area contributed by atoms with E-state index in [9.17, 15) is 4.79 Å². The summed E-state index contributed by atoms with van der Waals surface area (Å²) in [6, 6.07) is 0.196. The summed E-state index contributed by atoms with van der Waals surface area (Å²) in [6.07, 6.45) is 6.58. The fourth-order valence-electron chi connectivity index (χ4n) is 3.80. The first-order valence-electron chi connectivity index (χ1n) is 8.51. The first-order valence-corrected chi connectivity index (χ1v) is 8.51. The van der Waals surface area contributed by atoms with Crippen LogP contribution in [0.5, 0.6) is 0 Å². The summed E-state index contributed by atoms with van der Waals surface area (Å²) < 4.78 is 5.34. The number of carbonyl (C=O) groups is 1. The van der Waals surface area contributed by atoms with Gasteiger partial charge in [-0.1, -0.05) is 13.3 Å². The summed E-state index contributed by atoms with van der Waals surface area (Å²) in [5.41, 5.74) is 5.95. The number of nitrogens with two attached hydrogens (primary N) is 1. The lowest BCUT2D eigenvalue weighted by Crippen LogP contribution is -2.61. The standard InChI is InChI=1S/C16H31N3O2/c1-3-13-5-8-16(12-17,9-6-13)19(4-2)15(20)18-14-7-10-21-11-14/h13-14H,3-12,17H2,1-2H3,(H,18,20). The molecule has 5 nitrogen and oxygen atoms in total. The molecule has 1 aliphatic carbocycles. The third kappa shape index (κ3) is 3.69. The van der Waals surface area contributed by atoms with Crippen molar-refractivity contribution in [3.05, 3.63) is 0 Å². The van der Waals surface area contributed by atoms with Gasteiger partial charge < -0.3 is 20.7 Å². The second-order valence-electron chi connectivity index (χ2n) is 6.53. The fourth-order valence-corrected chi connectivity index (χ4v) is 3.80. The van der Waals surface area contributed by atoms with E-state index in [0.717, 1.165) is 31.8 Å². The highest BCUT2D eigenvalue weighted by molar-refractivity contribution is 5.75. The molecule has 1 heterocycles. The van der Waals surface area contributed by atoms with Crippen LogP contribution < -0.4 is 11.1 Å². The van der Waals surface area contributed by atoms with Crippen molar-refractivity contribution in [1.82, 2.24) is 10.2 Å². The molecular formula is C16H31N3O2. The minimum absolute atomic E-state index is 0.0356. The van der Waals surface area contributed by atoms with Gasteiger partial charge in [-0.2, -0.15) is 0 Å². The van der Waals surface area contributed by atoms with Crippen molar-refractivity contribution in [3.63, 3.8) is 0 Å². The normalized spacial score (nSPS) is 32.9. The van der Waals surface area contributed by atoms with Crippen LogP contribution >= 0.6 is 0 Å². The van der Waals surface area contributed by atoms with Crippen LogP contribution in [-0.4, -0.2) is 48.8 Å². The highest BCUT2D eigenvalue weighted by Gasteiger charge is 2.41. The van der Waals surface area contributed by atoms with Gasteiger partial charge in [0.25, 0.3) is 0 Å². The molecule has 0 spiro atoms. The van der Waals surface area contributed by atoms with Crippen molar-refractivity contribution < 1.29 is 9.53 Å². The van der Waals surface area contributed by atoms with Crippen molar-refractivity contribution in [1.29, 1.82) is 0 Å². The van der Waals surface area contributed by atoms with E-state index in [2.05, 4.69) is 12.2 Å². The first kappa shape index (κ1) is 16.6. The Morgan fingerprint density at radius 1 is 1.33 bits per heavy atom. The molecule has 2 fully saturated rings. The summed E-state index contributed by atoms with van der Waals surface area (Å²) in [5, 5.41) is 3.12. The van der Waals surface area contributed by atoms with Gasteiger partial charge in [0.2, 0.25) is 0 Å². The fraction of sp³-hybridized carbons (Fsp3) is 0.938. The number of nitrogens with one attached hydrogen (secondary N) is 1. The van der Waals surface area contributed by atoms with Gasteiger partial charge in [0, 0.05) is 19.7 Å². The second kappa shape index (κ2) is 7.45. The zero-order chi connectivity index (χ0) is 15.3. The Hall–Kier alpha value is -0.810. The van der Waals surface area contributed by atoms with Crippen LogP contribution in [0.15, 0.2) is 0 Å². The molecule has 2 amide bonds. The molecule has 5 heteroatoms. The summed E-state index contributed by atoms with van der Waals surface area (Å²) in [5.74, 6) is 0.801. The van der Waals surface area contributed by atoms with Gasteiger partial charge in [0.05, 0.1) is 18.2 Å². The van der Waals surface area contributed by atoms with Crippen LogP contribution in [-0.2, 0) is 4.74 Å². The van der Waals surface area contributed by atoms with Crippen molar-refractivity contribution in [2.24, 2.45) is 11.7 Å². The molecule has 1 unspecified atom stereocenters. The lowest BCUT2D eigenvalue weighted by atomic mass is 9.74. The van der Waals surface area contributed by atoms with E-state index < -0.39 is 0 Å². The number of ether oxygens (including phenoxy) is 1. The van der Waals surface area contributed by atoms with Gasteiger partial charge in [-0.15, -0.1) is 0 Å². The lowest BCUT2D eigenvalue weighted by molar-refractivity contribution is 0.0696. The molecule has 0 aromatic rings. The summed E-state index contributed by atoms with van der Waals surface area (Å²) in [4.78, 5) is 14.6. The molecule has 2 rings (SSSR count). The number of carbonyl (C=O) groups excluding carboxylic acids is 1. The van der Waals surface area contributed by atoms with Gasteiger partial charge in [-0.3, -0.25) is 0 Å². The largest absolute Gasteiger partial charge is 0.379 e. The van der Waals surface area contributed by atoms with Crippen molar-refractivity contribution in [2.75, 3.05) is 26.3 Å². The molecule has 1 saturated carbocycles. The molecule has 1 aliphatic heterocycles. The lowest BCUT2D eigenvalue weighted by Gasteiger charge is -2.47. The Balaban J connectivity index is 2.00. The average Bonchev–Trinajstić information content (AvgIpc) is 3.01. The van der Waals surface area contributed by atoms with E-state index >= 15 is 0 Å². The van der Waals surface area contributed by atoms with Crippen LogP contribution in [0.3, 0.4) is 0 Å². The third-order valence-electron chi connectivity index (χ3n) is 5.38. The maximum atomic E-state index is 12.6. The molecule has 3 N–H and O–H groups in total. The Bertz CT molecular complexity index is 334. The molecule has 2 aliphatic rings. The molecule has 0 radical (unpaired) electrons. The van der Waals surface area contributed by atoms with Crippen LogP contribution in [0.25, 0.3) is 0 Å². The highest BCUT2D eigenvalue weighted by Crippen LogP contribution is 2.37. The van der Waals surface area contributed by atoms with Crippen LogP contribution in [0, 0.1) is 5.92 Å². The van der Waals surface area contributed by atoms with Crippen LogP contribution in [0.2, 0.25) is 0 Å². The van der Waals surface area contributed by atoms with Crippen molar-refractivity contribution in [2.45, 2.75) is 64.0 Å². The first-order chi connectivity index (χ1) is 10.1. The van der Waals surface area contributed by atoms with Gasteiger partial charge >= 0.3 is 6.03 Å². The molecule has 1 atom stereocenters. The predicted octanol–water partition coefficient (Wildman–Crippen LogP) is 2.10. The molecule has 0 aromatic carbocycles. The molecule has 21 heavy (non-hydrogen) atoms. The zero-order valence-corrected chi connectivity index (χ0v) is 13.6. The number of hydrogen-bond acceptors (Lipinski definition) is 3. The van der Waals surface area contributed by atoms with Crippen molar-refractivity contribution >= 4 is 6.03 Å². The number of urea groups is 1. The van der Waals surface area contributed by atoms with Crippen LogP contribution in [0.4, 0.5) is 4.79 Å². The summed E-state index contributed by atoms with van der Waals surface area (Å²) in [7, 11) is 0. The number of hydrogen-bond donors (Lipinski definition) is 2. The van der Waals surface area contributed by atoms with Crippen molar-refractivity contribution in [3.8, 4) is 0 Å². The maximum absolute atomic E-state index is 12.6. The maximum Gasteiger partial charge on any atom is 0.318 e. The SMILES string of the molecule is CCC1CCC(CN)(N(CC)C(=O)NC2CCOC2)CC1. The molecular weight excluding hydrogens is 266 g/mol. The zero-order valence-electron chi connectivity index (χ0n) is 13.6. The minimum atomic E-state index is -0.149. The van der Waals surface area contributed by atoms with E-state index in [1.807, 2.05) is 11.8 Å². The minimum Gasteiger partial charge on any atom is -0.379 e. The Kier molecular flexibility index (Phi) is 5.88. The van der Waals surface area contributed by atoms with E-state index in [1.54, 1.807) is 0 Å². The average molecular weight is 297 g/mol. The molecule has 122 valence electrons. The number of rotatable bonds is 5. The topological polar surface area (TPSA) is 67.6 Å². The Labute approximate surface area is 128 Å².